The first-order valence-electron chi connectivity index (χ1n) is 8.28. The molecule has 3 amide bonds. The van der Waals surface area contributed by atoms with Crippen molar-refractivity contribution < 1.29 is 14.3 Å². The number of thioether (sulfide) groups is 1. The van der Waals surface area contributed by atoms with Crippen LogP contribution in [0.1, 0.15) is 12.5 Å². The van der Waals surface area contributed by atoms with Gasteiger partial charge in [-0.25, -0.2) is 9.79 Å². The fraction of sp³-hybridized carbons (Fsp3) is 0.471. The van der Waals surface area contributed by atoms with Crippen LogP contribution in [0.25, 0.3) is 0 Å². The predicted octanol–water partition coefficient (Wildman–Crippen LogP) is 1.50. The molecule has 8 heteroatoms. The van der Waals surface area contributed by atoms with Gasteiger partial charge in [0, 0.05) is 26.0 Å². The summed E-state index contributed by atoms with van der Waals surface area (Å²) in [5.74, 6) is 0.451. The summed E-state index contributed by atoms with van der Waals surface area (Å²) in [5, 5.41) is 3.17. The lowest BCUT2D eigenvalue weighted by atomic mass is 10.1. The third-order valence-corrected chi connectivity index (χ3v) is 5.29. The molecule has 1 aromatic rings. The van der Waals surface area contributed by atoms with E-state index in [1.807, 2.05) is 30.0 Å². The van der Waals surface area contributed by atoms with Crippen molar-refractivity contribution in [2.75, 3.05) is 26.8 Å². The summed E-state index contributed by atoms with van der Waals surface area (Å²) >= 11 is 1.58. The number of carbonyl (C=O) groups excluding carboxylic acids is 2. The van der Waals surface area contributed by atoms with Gasteiger partial charge in [-0.2, -0.15) is 0 Å². The lowest BCUT2D eigenvalue weighted by molar-refractivity contribution is -0.127. The third kappa shape index (κ3) is 3.80. The Balaban J connectivity index is 1.77. The van der Waals surface area contributed by atoms with Crippen LogP contribution in [0.2, 0.25) is 0 Å². The first kappa shape index (κ1) is 17.8. The van der Waals surface area contributed by atoms with E-state index in [4.69, 9.17) is 4.74 Å². The molecular formula is C17H22N4O3S. The van der Waals surface area contributed by atoms with Crippen molar-refractivity contribution in [1.82, 2.24) is 15.1 Å². The molecule has 2 aliphatic rings. The average molecular weight is 362 g/mol. The van der Waals surface area contributed by atoms with E-state index in [2.05, 4.69) is 22.4 Å². The number of hydrogen-bond acceptors (Lipinski definition) is 6. The summed E-state index contributed by atoms with van der Waals surface area (Å²) in [6.45, 7) is 3.63. The summed E-state index contributed by atoms with van der Waals surface area (Å²) < 4.78 is 5.45. The lowest BCUT2D eigenvalue weighted by Crippen LogP contribution is -2.63. The number of likely N-dealkylation sites (N-methyl/N-ethyl adjacent to an activating group) is 1. The molecule has 0 bridgehead atoms. The molecule has 2 heterocycles. The molecule has 2 unspecified atom stereocenters. The minimum atomic E-state index is -0.499. The van der Waals surface area contributed by atoms with E-state index >= 15 is 0 Å². The molecule has 0 saturated carbocycles. The van der Waals surface area contributed by atoms with Gasteiger partial charge in [-0.1, -0.05) is 42.1 Å². The largest absolute Gasteiger partial charge is 0.380 e. The highest BCUT2D eigenvalue weighted by Gasteiger charge is 2.48. The number of rotatable bonds is 6. The number of amides is 3. The van der Waals surface area contributed by atoms with Gasteiger partial charge in [0.25, 0.3) is 5.91 Å². The number of benzene rings is 1. The number of nitrogens with zero attached hydrogens (tertiary/aromatic N) is 3. The van der Waals surface area contributed by atoms with Crippen LogP contribution in [-0.4, -0.2) is 65.9 Å². The maximum atomic E-state index is 12.4. The summed E-state index contributed by atoms with van der Waals surface area (Å²) in [6.07, 6.45) is -0.485. The molecule has 1 N–H and O–H groups in total. The fourth-order valence-corrected chi connectivity index (χ4v) is 3.93. The van der Waals surface area contributed by atoms with Crippen LogP contribution in [0.4, 0.5) is 4.79 Å². The molecule has 1 aromatic carbocycles. The van der Waals surface area contributed by atoms with Crippen molar-refractivity contribution in [3.05, 3.63) is 35.9 Å². The first-order valence-corrected chi connectivity index (χ1v) is 9.27. The third-order valence-electron chi connectivity index (χ3n) is 4.21. The molecule has 2 aliphatic heterocycles. The van der Waals surface area contributed by atoms with Gasteiger partial charge in [0.15, 0.2) is 17.4 Å². The first-order chi connectivity index (χ1) is 12.1. The van der Waals surface area contributed by atoms with Crippen LogP contribution in [-0.2, 0) is 15.3 Å². The standard InChI is InChI=1S/C17H22N4O3S/c1-3-24-10-9-21-13-14(20(2)16(23)19-15(13)22)18-17(21)25-11-12-7-5-4-6-8-12/h4-8,13-14H,3,9-11H2,1-2H3,(H,19,22,23). The van der Waals surface area contributed by atoms with Crippen LogP contribution in [0, 0.1) is 0 Å². The Morgan fingerprint density at radius 3 is 2.76 bits per heavy atom. The van der Waals surface area contributed by atoms with E-state index in [0.29, 0.717) is 19.8 Å². The van der Waals surface area contributed by atoms with E-state index in [1.54, 1.807) is 18.8 Å². The van der Waals surface area contributed by atoms with Crippen LogP contribution < -0.4 is 5.32 Å². The van der Waals surface area contributed by atoms with Crippen LogP contribution >= 0.6 is 11.8 Å². The maximum Gasteiger partial charge on any atom is 0.325 e. The minimum absolute atomic E-state index is 0.302. The summed E-state index contributed by atoms with van der Waals surface area (Å²) in [5.41, 5.74) is 1.18. The molecule has 25 heavy (non-hydrogen) atoms. The Labute approximate surface area is 151 Å². The van der Waals surface area contributed by atoms with Crippen molar-refractivity contribution >= 4 is 28.9 Å². The van der Waals surface area contributed by atoms with Gasteiger partial charge in [0.2, 0.25) is 0 Å². The highest BCUT2D eigenvalue weighted by molar-refractivity contribution is 8.13. The van der Waals surface area contributed by atoms with Crippen molar-refractivity contribution in [3.63, 3.8) is 0 Å². The average Bonchev–Trinajstić information content (AvgIpc) is 2.98. The SMILES string of the molecule is CCOCCN1C(SCc2ccccc2)=NC2C1C(=O)NC(=O)N2C. The van der Waals surface area contributed by atoms with Crippen LogP contribution in [0.3, 0.4) is 0 Å². The molecule has 2 atom stereocenters. The molecule has 3 rings (SSSR count). The quantitative estimate of drug-likeness (QED) is 0.777. The zero-order valence-corrected chi connectivity index (χ0v) is 15.2. The Morgan fingerprint density at radius 1 is 1.28 bits per heavy atom. The van der Waals surface area contributed by atoms with E-state index in [9.17, 15) is 9.59 Å². The minimum Gasteiger partial charge on any atom is -0.380 e. The zero-order valence-electron chi connectivity index (χ0n) is 14.3. The van der Waals surface area contributed by atoms with Gasteiger partial charge >= 0.3 is 6.03 Å². The highest BCUT2D eigenvalue weighted by Crippen LogP contribution is 2.29. The number of urea groups is 1. The van der Waals surface area contributed by atoms with Crippen LogP contribution in [0.15, 0.2) is 35.3 Å². The van der Waals surface area contributed by atoms with E-state index in [0.717, 1.165) is 10.9 Å². The lowest BCUT2D eigenvalue weighted by Gasteiger charge is -2.36. The molecule has 0 aliphatic carbocycles. The molecule has 1 fully saturated rings. The molecular weight excluding hydrogens is 340 g/mol. The second kappa shape index (κ2) is 7.88. The maximum absolute atomic E-state index is 12.4. The Hall–Kier alpha value is -2.06. The van der Waals surface area contributed by atoms with Gasteiger partial charge < -0.3 is 14.5 Å². The van der Waals surface area contributed by atoms with Crippen molar-refractivity contribution in [2.24, 2.45) is 4.99 Å². The number of amidine groups is 1. The number of nitrogens with one attached hydrogen (secondary N) is 1. The van der Waals surface area contributed by atoms with E-state index in [1.165, 1.54) is 10.5 Å². The smallest absolute Gasteiger partial charge is 0.325 e. The molecule has 1 saturated heterocycles. The monoisotopic (exact) mass is 362 g/mol. The van der Waals surface area contributed by atoms with Crippen molar-refractivity contribution in [3.8, 4) is 0 Å². The Bertz CT molecular complexity index is 667. The molecule has 134 valence electrons. The van der Waals surface area contributed by atoms with Gasteiger partial charge in [0.05, 0.1) is 6.61 Å². The van der Waals surface area contributed by atoms with Gasteiger partial charge in [0.1, 0.15) is 0 Å². The second-order valence-electron chi connectivity index (χ2n) is 5.84. The van der Waals surface area contributed by atoms with Gasteiger partial charge in [-0.3, -0.25) is 10.1 Å². The Kier molecular flexibility index (Phi) is 5.60. The zero-order chi connectivity index (χ0) is 17.8. The number of carbonyl (C=O) groups is 2. The summed E-state index contributed by atoms with van der Waals surface area (Å²) in [6, 6.07) is 9.19. The van der Waals surface area contributed by atoms with Gasteiger partial charge in [-0.05, 0) is 12.5 Å². The topological polar surface area (TPSA) is 74.2 Å². The van der Waals surface area contributed by atoms with E-state index < -0.39 is 18.2 Å². The highest BCUT2D eigenvalue weighted by atomic mass is 32.2. The fourth-order valence-electron chi connectivity index (χ4n) is 2.89. The summed E-state index contributed by atoms with van der Waals surface area (Å²) in [7, 11) is 1.66. The number of fused-ring (bicyclic) bond motifs is 1. The number of ether oxygens (including phenoxy) is 1. The van der Waals surface area contributed by atoms with Gasteiger partial charge in [-0.15, -0.1) is 0 Å². The molecule has 0 aromatic heterocycles. The molecule has 0 spiro atoms. The van der Waals surface area contributed by atoms with Crippen molar-refractivity contribution in [2.45, 2.75) is 24.9 Å². The van der Waals surface area contributed by atoms with E-state index in [-0.39, 0.29) is 5.91 Å². The van der Waals surface area contributed by atoms with Crippen LogP contribution in [0.5, 0.6) is 0 Å². The normalized spacial score (nSPS) is 22.7. The predicted molar refractivity (Wildman–Crippen MR) is 97.2 cm³/mol. The summed E-state index contributed by atoms with van der Waals surface area (Å²) in [4.78, 5) is 32.3. The second-order valence-corrected chi connectivity index (χ2v) is 6.78. The number of aliphatic imine (C=N–C) groups is 1. The molecule has 7 nitrogen and oxygen atoms in total. The number of imide groups is 1. The molecule has 0 radical (unpaired) electrons. The number of hydrogen-bond donors (Lipinski definition) is 1. The van der Waals surface area contributed by atoms with Crippen molar-refractivity contribution in [1.29, 1.82) is 0 Å². The Morgan fingerprint density at radius 2 is 2.04 bits per heavy atom.